The molecular formula is C108H108N9O4+. The van der Waals surface area contributed by atoms with E-state index in [4.69, 9.17) is 9.47 Å². The normalized spacial score (nSPS) is 12.5. The molecule has 0 spiro atoms. The summed E-state index contributed by atoms with van der Waals surface area (Å²) < 4.78 is 18.3. The first-order valence-electron chi connectivity index (χ1n) is 41.8. The topological polar surface area (TPSA) is 149 Å². The lowest BCUT2D eigenvalue weighted by Gasteiger charge is -2.37. The van der Waals surface area contributed by atoms with Crippen molar-refractivity contribution in [2.45, 2.75) is 155 Å². The summed E-state index contributed by atoms with van der Waals surface area (Å²) >= 11 is 0. The summed E-state index contributed by atoms with van der Waals surface area (Å²) in [6.45, 7) is 29.3. The highest BCUT2D eigenvalue weighted by Crippen LogP contribution is 2.49. The smallest absolute Gasteiger partial charge is 0.220 e. The molecule has 0 aliphatic rings. The van der Waals surface area contributed by atoms with E-state index < -0.39 is 10.8 Å². The summed E-state index contributed by atoms with van der Waals surface area (Å²) in [6.07, 6.45) is 7.41. The summed E-state index contributed by atoms with van der Waals surface area (Å²) in [6, 6.07) is 110. The molecule has 0 saturated heterocycles. The zero-order valence-corrected chi connectivity index (χ0v) is 71.7. The van der Waals surface area contributed by atoms with Crippen LogP contribution in [0.3, 0.4) is 0 Å². The van der Waals surface area contributed by atoms with E-state index >= 15 is 0 Å². The van der Waals surface area contributed by atoms with Gasteiger partial charge in [-0.3, -0.25) is 0 Å². The molecule has 0 fully saturated rings. The number of aliphatic imine (C=N–C) groups is 2. The van der Waals surface area contributed by atoms with Crippen molar-refractivity contribution < 1.29 is 24.3 Å². The van der Waals surface area contributed by atoms with Crippen molar-refractivity contribution in [2.24, 2.45) is 17.0 Å². The van der Waals surface area contributed by atoms with Crippen molar-refractivity contribution >= 4 is 11.8 Å². The van der Waals surface area contributed by atoms with Gasteiger partial charge in [0, 0.05) is 0 Å². The average Bonchev–Trinajstić information content (AvgIpc) is 0.801. The molecule has 0 amide bonds. The predicted molar refractivity (Wildman–Crippen MR) is 488 cm³/mol. The Morgan fingerprint density at radius 3 is 0.835 bits per heavy atom. The van der Waals surface area contributed by atoms with Crippen molar-refractivity contribution in [1.82, 2.24) is 30.0 Å². The van der Waals surface area contributed by atoms with Crippen LogP contribution in [0.2, 0.25) is 0 Å². The minimum Gasteiger partial charge on any atom is -0.493 e. The Kier molecular flexibility index (Phi) is 23.8. The van der Waals surface area contributed by atoms with E-state index in [2.05, 4.69) is 393 Å². The lowest BCUT2D eigenvalue weighted by atomic mass is 9.64. The van der Waals surface area contributed by atoms with E-state index in [9.17, 15) is 10.2 Å². The Hall–Kier alpha value is -13.4. The van der Waals surface area contributed by atoms with Crippen LogP contribution in [0.25, 0.3) is 22.3 Å². The molecular weight excluding hydrogens is 1490 g/mol. The number of aromatic nitrogens is 7. The number of hydrogen-bond donors (Lipinski definition) is 2. The molecule has 3 heterocycles. The van der Waals surface area contributed by atoms with E-state index in [-0.39, 0.29) is 59.8 Å². The largest absolute Gasteiger partial charge is 0.493 e. The number of ether oxygens (including phenoxy) is 2. The Bertz CT molecular complexity index is 5560. The van der Waals surface area contributed by atoms with Crippen LogP contribution in [0.15, 0.2) is 344 Å². The van der Waals surface area contributed by atoms with Gasteiger partial charge in [-0.25, -0.2) is 23.9 Å². The van der Waals surface area contributed by atoms with Gasteiger partial charge >= 0.3 is 0 Å². The van der Waals surface area contributed by atoms with Crippen LogP contribution >= 0.6 is 0 Å². The van der Waals surface area contributed by atoms with Crippen molar-refractivity contribution in [3.63, 3.8) is 0 Å². The van der Waals surface area contributed by atoms with Crippen molar-refractivity contribution in [3.8, 4) is 33.8 Å². The number of rotatable bonds is 26. The maximum atomic E-state index is 11.3. The number of aliphatic hydroxyl groups is 2. The summed E-state index contributed by atoms with van der Waals surface area (Å²) in [5.41, 5.74) is 24.2. The van der Waals surface area contributed by atoms with Gasteiger partial charge in [-0.1, -0.05) is 373 Å². The second kappa shape index (κ2) is 34.9. The molecule has 608 valence electrons. The van der Waals surface area contributed by atoms with Crippen LogP contribution < -0.4 is 14.0 Å². The lowest BCUT2D eigenvalue weighted by molar-refractivity contribution is -0.671. The minimum atomic E-state index is -0.599. The molecule has 15 aromatic rings. The maximum Gasteiger partial charge on any atom is 0.220 e. The third-order valence-corrected chi connectivity index (χ3v) is 23.2. The molecule has 13 nitrogen and oxygen atoms in total. The summed E-state index contributed by atoms with van der Waals surface area (Å²) in [5, 5.41) is 40.5. The van der Waals surface area contributed by atoms with Crippen LogP contribution in [0, 0.1) is 0 Å². The van der Waals surface area contributed by atoms with E-state index in [1.165, 1.54) is 55.6 Å². The second-order valence-electron chi connectivity index (χ2n) is 36.0. The molecule has 0 unspecified atom stereocenters. The van der Waals surface area contributed by atoms with Gasteiger partial charge in [-0.15, -0.1) is 10.2 Å². The average molecular weight is 1600 g/mol. The molecule has 0 saturated carbocycles. The summed E-state index contributed by atoms with van der Waals surface area (Å²) in [5.74, 6) is 1.21. The van der Waals surface area contributed by atoms with Crippen molar-refractivity contribution in [3.05, 3.63) is 446 Å². The van der Waals surface area contributed by atoms with Gasteiger partial charge in [0.15, 0.2) is 12.4 Å². The minimum absolute atomic E-state index is 0.0187. The lowest BCUT2D eigenvalue weighted by Crippen LogP contribution is -2.31. The van der Waals surface area contributed by atoms with Gasteiger partial charge in [0.05, 0.1) is 49.4 Å². The van der Waals surface area contributed by atoms with Gasteiger partial charge < -0.3 is 19.7 Å². The van der Waals surface area contributed by atoms with E-state index in [0.717, 1.165) is 78.5 Å². The highest BCUT2D eigenvalue weighted by Gasteiger charge is 2.41. The molecule has 0 atom stereocenters. The zero-order valence-electron chi connectivity index (χ0n) is 71.7. The van der Waals surface area contributed by atoms with E-state index in [1.54, 1.807) is 23.0 Å². The van der Waals surface area contributed by atoms with Gasteiger partial charge in [0.1, 0.15) is 54.3 Å². The SMILES string of the molecule is C[n+]1cc(C(O)=NCc2ccc(-c3ccc(Cn4cc(COc5ccc(C(c6ccccc6)(c6ccc(C(C)(C)C)cc6)c6ccc(C(C)(C)C)cc6)cc5)nn4)cc3)cc2)cc(C(O)=NCc2ccc(-c3ccc(Cn4cc(COc5ccc(C(c6ccccc6)(c6ccc(C(C)(C)C)cc6)c6ccc(C(C)(C)C)cc6)cc5)nn4)cc3)cc2)c1. The summed E-state index contributed by atoms with van der Waals surface area (Å²) in [7, 11) is 1.84. The first-order chi connectivity index (χ1) is 58.1. The number of hydrogen-bond acceptors (Lipinski definition) is 8. The monoisotopic (exact) mass is 1590 g/mol. The third kappa shape index (κ3) is 18.9. The van der Waals surface area contributed by atoms with Crippen LogP contribution in [-0.4, -0.2) is 52.0 Å². The fraction of sp³-hybridized carbons (Fsp3) is 0.231. The Morgan fingerprint density at radius 1 is 0.314 bits per heavy atom. The van der Waals surface area contributed by atoms with Crippen LogP contribution in [-0.2, 0) is 78.9 Å². The molecule has 0 radical (unpaired) electrons. The quantitative estimate of drug-likeness (QED) is 0.0236. The van der Waals surface area contributed by atoms with Crippen LogP contribution in [0.4, 0.5) is 0 Å². The van der Waals surface area contributed by atoms with Crippen LogP contribution in [0.5, 0.6) is 11.5 Å². The standard InChI is InChI=1S/C108H107N9O4/c1-103(2,3)85-40-48-91(49-41-85)107(89-20-16-14-17-21-89,92-50-42-86(43-51-92)104(4,5)6)95-56-60-99(61-57-95)120-73-97-71-116(113-111-97)67-77-28-36-81(37-29-77)79-32-24-75(25-33-79)65-109-101(118)83-64-84(70-115(13)69-83)102(119)110-66-76-26-34-80(35-27-76)82-38-30-78(31-39-82)68-117-72-98(112-114-117)74-121-100-62-58-96(59-63-100)108(90-22-18-15-19-23-90,93-52-44-87(45-53-93)105(7,8)9)94-54-46-88(47-55-94)106(10,11)12/h14-64,69-72H,65-68,73-74H2,1-13H3,(H-,109,110,118,119)/p+1. The second-order valence-corrected chi connectivity index (χ2v) is 36.0. The highest BCUT2D eigenvalue weighted by atomic mass is 16.5. The highest BCUT2D eigenvalue weighted by molar-refractivity contribution is 5.97. The van der Waals surface area contributed by atoms with Crippen molar-refractivity contribution in [2.75, 3.05) is 0 Å². The predicted octanol–water partition coefficient (Wildman–Crippen LogP) is 23.2. The number of benzene rings is 12. The van der Waals surface area contributed by atoms with Gasteiger partial charge in [0.2, 0.25) is 11.8 Å². The molecule has 121 heavy (non-hydrogen) atoms. The first kappa shape index (κ1) is 82.7. The zero-order chi connectivity index (χ0) is 84.7. The molecule has 3 aromatic heterocycles. The third-order valence-electron chi connectivity index (χ3n) is 23.2. The Morgan fingerprint density at radius 2 is 0.562 bits per heavy atom. The van der Waals surface area contributed by atoms with Crippen molar-refractivity contribution in [1.29, 1.82) is 0 Å². The van der Waals surface area contributed by atoms with E-state index in [0.29, 0.717) is 24.2 Å². The molecule has 2 N–H and O–H groups in total. The molecule has 0 bridgehead atoms. The van der Waals surface area contributed by atoms with Gasteiger partial charge in [-0.05, 0) is 163 Å². The summed E-state index contributed by atoms with van der Waals surface area (Å²) in [4.78, 5) is 9.10. The van der Waals surface area contributed by atoms with Gasteiger partial charge in [-0.2, -0.15) is 0 Å². The molecule has 0 aliphatic heterocycles. The fourth-order valence-electron chi connectivity index (χ4n) is 16.2. The van der Waals surface area contributed by atoms with Crippen LogP contribution in [0.1, 0.15) is 195 Å². The fourth-order valence-corrected chi connectivity index (χ4v) is 16.2. The molecule has 12 aromatic carbocycles. The number of aryl methyl sites for hydroxylation is 1. The molecule has 13 heteroatoms. The Balaban J connectivity index is 0.521. The number of nitrogens with zero attached hydrogens (tertiary/aromatic N) is 9. The van der Waals surface area contributed by atoms with Gasteiger partial charge in [0.25, 0.3) is 0 Å². The molecule has 15 rings (SSSR count). The number of pyridine rings is 1. The van der Waals surface area contributed by atoms with E-state index in [1.807, 2.05) is 53.1 Å². The molecule has 0 aliphatic carbocycles. The first-order valence-corrected chi connectivity index (χ1v) is 41.8. The number of aliphatic hydroxyl groups excluding tert-OH is 2. The maximum absolute atomic E-state index is 11.3. The Labute approximate surface area is 713 Å².